The van der Waals surface area contributed by atoms with Crippen molar-refractivity contribution in [2.75, 3.05) is 7.11 Å². The molecule has 0 aliphatic heterocycles. The molecule has 1 N–H and O–H groups in total. The van der Waals surface area contributed by atoms with Crippen molar-refractivity contribution >= 4 is 0 Å². The van der Waals surface area contributed by atoms with Crippen LogP contribution in [0.15, 0.2) is 24.5 Å². The molecule has 5 heteroatoms. The Morgan fingerprint density at radius 2 is 2.30 bits per heavy atom. The van der Waals surface area contributed by atoms with Crippen LogP contribution in [0.2, 0.25) is 0 Å². The summed E-state index contributed by atoms with van der Waals surface area (Å²) in [7, 11) is 1.64. The third-order valence-corrected chi connectivity index (χ3v) is 4.07. The Kier molecular flexibility index (Phi) is 3.22. The van der Waals surface area contributed by atoms with Crippen LogP contribution in [0.3, 0.4) is 0 Å². The molecule has 1 unspecified atom stereocenters. The van der Waals surface area contributed by atoms with Gasteiger partial charge in [-0.1, -0.05) is 6.07 Å². The lowest BCUT2D eigenvalue weighted by molar-refractivity contribution is 0.0356. The van der Waals surface area contributed by atoms with Crippen molar-refractivity contribution in [3.05, 3.63) is 41.5 Å². The van der Waals surface area contributed by atoms with E-state index in [-0.39, 0.29) is 0 Å². The molecule has 1 heterocycles. The number of hydrogen-bond donors (Lipinski definition) is 1. The summed E-state index contributed by atoms with van der Waals surface area (Å²) < 4.78 is 7.10. The van der Waals surface area contributed by atoms with Gasteiger partial charge in [-0.15, -0.1) is 0 Å². The zero-order chi connectivity index (χ0) is 14.2. The van der Waals surface area contributed by atoms with Crippen molar-refractivity contribution in [1.82, 2.24) is 14.8 Å². The second-order valence-electron chi connectivity index (χ2n) is 5.22. The number of hydrogen-bond acceptors (Lipinski definition) is 4. The topological polar surface area (TPSA) is 60.2 Å². The van der Waals surface area contributed by atoms with Gasteiger partial charge in [0.15, 0.2) is 0 Å². The second-order valence-corrected chi connectivity index (χ2v) is 5.22. The van der Waals surface area contributed by atoms with Crippen molar-refractivity contribution < 1.29 is 9.84 Å². The second kappa shape index (κ2) is 4.90. The number of methoxy groups -OCH3 is 1. The Balaban J connectivity index is 1.95. The molecule has 0 saturated carbocycles. The Morgan fingerprint density at radius 3 is 3.05 bits per heavy atom. The summed E-state index contributed by atoms with van der Waals surface area (Å²) in [6.45, 7) is 2.78. The average molecular weight is 273 g/mol. The van der Waals surface area contributed by atoms with Crippen LogP contribution < -0.4 is 4.74 Å². The first kappa shape index (κ1) is 13.1. The van der Waals surface area contributed by atoms with E-state index in [1.807, 2.05) is 29.8 Å². The summed E-state index contributed by atoms with van der Waals surface area (Å²) in [5, 5.41) is 15.2. The minimum Gasteiger partial charge on any atom is -0.497 e. The summed E-state index contributed by atoms with van der Waals surface area (Å²) in [6.07, 6.45) is 3.63. The zero-order valence-corrected chi connectivity index (χ0v) is 11.8. The Morgan fingerprint density at radius 1 is 1.45 bits per heavy atom. The van der Waals surface area contributed by atoms with E-state index in [2.05, 4.69) is 10.1 Å². The highest BCUT2D eigenvalue weighted by atomic mass is 16.5. The quantitative estimate of drug-likeness (QED) is 0.920. The third-order valence-electron chi connectivity index (χ3n) is 4.07. The average Bonchev–Trinajstić information content (AvgIpc) is 3.04. The number of aliphatic hydroxyl groups is 1. The number of aryl methyl sites for hydroxylation is 2. The number of fused-ring (bicyclic) bond motifs is 1. The largest absolute Gasteiger partial charge is 0.497 e. The normalized spacial score (nSPS) is 20.9. The summed E-state index contributed by atoms with van der Waals surface area (Å²) in [4.78, 5) is 4.27. The molecule has 1 aliphatic rings. The molecule has 1 aromatic carbocycles. The lowest BCUT2D eigenvalue weighted by Crippen LogP contribution is -2.27. The van der Waals surface area contributed by atoms with Crippen LogP contribution >= 0.6 is 0 Å². The summed E-state index contributed by atoms with van der Waals surface area (Å²) in [6, 6.07) is 5.92. The lowest BCUT2D eigenvalue weighted by Gasteiger charge is -2.24. The molecule has 0 radical (unpaired) electrons. The minimum absolute atomic E-state index is 0.487. The minimum atomic E-state index is -0.871. The Hall–Kier alpha value is -1.88. The highest BCUT2D eigenvalue weighted by molar-refractivity contribution is 5.43. The molecule has 106 valence electrons. The highest BCUT2D eigenvalue weighted by Crippen LogP contribution is 2.40. The number of benzene rings is 1. The van der Waals surface area contributed by atoms with E-state index in [4.69, 9.17) is 4.74 Å². The molecule has 1 aromatic heterocycles. The van der Waals surface area contributed by atoms with E-state index >= 15 is 0 Å². The van der Waals surface area contributed by atoms with Gasteiger partial charge in [-0.05, 0) is 43.0 Å². The van der Waals surface area contributed by atoms with Gasteiger partial charge in [0.05, 0.1) is 12.7 Å². The molecule has 0 bridgehead atoms. The van der Waals surface area contributed by atoms with Crippen LogP contribution in [0.4, 0.5) is 0 Å². The van der Waals surface area contributed by atoms with Crippen molar-refractivity contribution in [2.24, 2.45) is 0 Å². The molecule has 0 amide bonds. The first-order valence-electron chi connectivity index (χ1n) is 6.93. The monoisotopic (exact) mass is 273 g/mol. The van der Waals surface area contributed by atoms with Gasteiger partial charge in [0.2, 0.25) is 0 Å². The predicted molar refractivity (Wildman–Crippen MR) is 74.6 cm³/mol. The van der Waals surface area contributed by atoms with Crippen molar-refractivity contribution in [3.63, 3.8) is 0 Å². The van der Waals surface area contributed by atoms with Crippen LogP contribution in [0, 0.1) is 0 Å². The lowest BCUT2D eigenvalue weighted by atomic mass is 9.92. The molecule has 5 nitrogen and oxygen atoms in total. The van der Waals surface area contributed by atoms with Gasteiger partial charge in [-0.25, -0.2) is 4.98 Å². The number of aromatic nitrogens is 3. The van der Waals surface area contributed by atoms with E-state index in [9.17, 15) is 5.11 Å². The van der Waals surface area contributed by atoms with E-state index in [0.717, 1.165) is 30.1 Å². The maximum Gasteiger partial charge on any atom is 0.138 e. The molecule has 0 saturated heterocycles. The zero-order valence-electron chi connectivity index (χ0n) is 11.8. The predicted octanol–water partition coefficient (Wildman–Crippen LogP) is 1.68. The van der Waals surface area contributed by atoms with Gasteiger partial charge < -0.3 is 9.84 Å². The molecule has 1 aliphatic carbocycles. The fraction of sp³-hybridized carbons (Fsp3) is 0.467. The molecule has 1 atom stereocenters. The fourth-order valence-electron chi connectivity index (χ4n) is 2.94. The van der Waals surface area contributed by atoms with Crippen molar-refractivity contribution in [3.8, 4) is 5.75 Å². The standard InChI is InChI=1S/C15H19N3O2/c1-3-18-14(16-10-17-18)9-15(19)7-6-11-4-5-12(20-2)8-13(11)15/h4-5,8,10,19H,3,6-7,9H2,1-2H3. The third kappa shape index (κ3) is 2.08. The maximum atomic E-state index is 11.0. The van der Waals surface area contributed by atoms with Crippen molar-refractivity contribution in [2.45, 2.75) is 38.3 Å². The van der Waals surface area contributed by atoms with Crippen LogP contribution in [0.5, 0.6) is 5.75 Å². The maximum absolute atomic E-state index is 11.0. The van der Waals surface area contributed by atoms with E-state index < -0.39 is 5.60 Å². The number of nitrogens with zero attached hydrogens (tertiary/aromatic N) is 3. The summed E-state index contributed by atoms with van der Waals surface area (Å²) >= 11 is 0. The van der Waals surface area contributed by atoms with E-state index in [0.29, 0.717) is 12.8 Å². The van der Waals surface area contributed by atoms with Crippen LogP contribution in [0.1, 0.15) is 30.3 Å². The first-order chi connectivity index (χ1) is 9.66. The molecule has 3 rings (SSSR count). The van der Waals surface area contributed by atoms with Gasteiger partial charge in [-0.2, -0.15) is 5.10 Å². The molecule has 0 spiro atoms. The van der Waals surface area contributed by atoms with Crippen LogP contribution in [-0.2, 0) is 25.0 Å². The molecule has 20 heavy (non-hydrogen) atoms. The molecular weight excluding hydrogens is 254 g/mol. The molecular formula is C15H19N3O2. The van der Waals surface area contributed by atoms with E-state index in [1.54, 1.807) is 13.4 Å². The van der Waals surface area contributed by atoms with Gasteiger partial charge in [0.25, 0.3) is 0 Å². The van der Waals surface area contributed by atoms with Gasteiger partial charge >= 0.3 is 0 Å². The number of rotatable bonds is 4. The van der Waals surface area contributed by atoms with Gasteiger partial charge in [0.1, 0.15) is 17.9 Å². The highest BCUT2D eigenvalue weighted by Gasteiger charge is 2.38. The van der Waals surface area contributed by atoms with Crippen LogP contribution in [0.25, 0.3) is 0 Å². The summed E-state index contributed by atoms with van der Waals surface area (Å²) in [5.41, 5.74) is 1.28. The smallest absolute Gasteiger partial charge is 0.138 e. The van der Waals surface area contributed by atoms with Crippen LogP contribution in [-0.4, -0.2) is 27.0 Å². The fourth-order valence-corrected chi connectivity index (χ4v) is 2.94. The van der Waals surface area contributed by atoms with Crippen molar-refractivity contribution in [1.29, 1.82) is 0 Å². The molecule has 2 aromatic rings. The molecule has 0 fully saturated rings. The van der Waals surface area contributed by atoms with Gasteiger partial charge in [0, 0.05) is 13.0 Å². The SMILES string of the molecule is CCn1ncnc1CC1(O)CCc2ccc(OC)cc21. The number of ether oxygens (including phenoxy) is 1. The Bertz CT molecular complexity index is 623. The van der Waals surface area contributed by atoms with E-state index in [1.165, 1.54) is 5.56 Å². The van der Waals surface area contributed by atoms with Gasteiger partial charge in [-0.3, -0.25) is 4.68 Å². The first-order valence-corrected chi connectivity index (χ1v) is 6.93. The Labute approximate surface area is 118 Å². The summed E-state index contributed by atoms with van der Waals surface area (Å²) in [5.74, 6) is 1.60.